The van der Waals surface area contributed by atoms with E-state index in [0.29, 0.717) is 16.5 Å². The molecule has 0 saturated heterocycles. The Morgan fingerprint density at radius 1 is 1.03 bits per heavy atom. The van der Waals surface area contributed by atoms with Crippen LogP contribution in [0.15, 0.2) is 71.6 Å². The molecule has 6 nitrogen and oxygen atoms in total. The van der Waals surface area contributed by atoms with Gasteiger partial charge in [0.2, 0.25) is 0 Å². The summed E-state index contributed by atoms with van der Waals surface area (Å²) in [4.78, 5) is 12.6. The largest absolute Gasteiger partial charge is 0.286 e. The second-order valence-electron chi connectivity index (χ2n) is 6.66. The summed E-state index contributed by atoms with van der Waals surface area (Å²) < 4.78 is 42.4. The number of nitrogens with zero attached hydrogens (tertiary/aromatic N) is 2. The molecule has 0 aliphatic rings. The predicted octanol–water partition coefficient (Wildman–Crippen LogP) is 4.65. The Morgan fingerprint density at radius 3 is 2.55 bits per heavy atom. The maximum atomic E-state index is 13.5. The summed E-state index contributed by atoms with van der Waals surface area (Å²) in [5.74, 6) is -1.31. The van der Waals surface area contributed by atoms with Gasteiger partial charge in [-0.25, -0.2) is 17.5 Å². The summed E-state index contributed by atoms with van der Waals surface area (Å²) >= 11 is 11.8. The number of halogens is 3. The lowest BCUT2D eigenvalue weighted by molar-refractivity contribution is 0.0977. The molecular weight excluding hydrogens is 464 g/mol. The molecule has 31 heavy (non-hydrogen) atoms. The Hall–Kier alpha value is -2.94. The Morgan fingerprint density at radius 2 is 1.81 bits per heavy atom. The van der Waals surface area contributed by atoms with Crippen LogP contribution in [-0.4, -0.2) is 24.1 Å². The third-order valence-electron chi connectivity index (χ3n) is 4.50. The molecule has 0 bridgehead atoms. The van der Waals surface area contributed by atoms with Crippen LogP contribution in [0.1, 0.15) is 16.1 Å². The van der Waals surface area contributed by atoms with Crippen molar-refractivity contribution in [2.45, 2.75) is 11.4 Å². The van der Waals surface area contributed by atoms with Crippen LogP contribution in [0.25, 0.3) is 10.9 Å². The van der Waals surface area contributed by atoms with Gasteiger partial charge in [0.1, 0.15) is 10.7 Å². The molecule has 0 unspecified atom stereocenters. The molecule has 0 atom stereocenters. The highest BCUT2D eigenvalue weighted by Crippen LogP contribution is 2.26. The van der Waals surface area contributed by atoms with Gasteiger partial charge in [-0.05, 0) is 42.0 Å². The summed E-state index contributed by atoms with van der Waals surface area (Å²) in [5.41, 5.74) is 1.15. The van der Waals surface area contributed by atoms with Gasteiger partial charge in [0, 0.05) is 10.4 Å². The molecule has 1 amide bonds. The van der Waals surface area contributed by atoms with Gasteiger partial charge in [-0.3, -0.25) is 9.48 Å². The zero-order valence-corrected chi connectivity index (χ0v) is 18.0. The van der Waals surface area contributed by atoms with Gasteiger partial charge in [0.15, 0.2) is 5.69 Å². The quantitative estimate of drug-likeness (QED) is 0.453. The lowest BCUT2D eigenvalue weighted by atomic mass is 10.2. The molecule has 0 fully saturated rings. The normalized spacial score (nSPS) is 11.6. The van der Waals surface area contributed by atoms with E-state index in [1.54, 1.807) is 36.4 Å². The molecule has 1 aromatic heterocycles. The van der Waals surface area contributed by atoms with E-state index in [1.165, 1.54) is 35.0 Å². The Bertz CT molecular complexity index is 1420. The van der Waals surface area contributed by atoms with Gasteiger partial charge < -0.3 is 0 Å². The van der Waals surface area contributed by atoms with E-state index < -0.39 is 21.7 Å². The highest BCUT2D eigenvalue weighted by Gasteiger charge is 2.25. The average molecular weight is 478 g/mol. The van der Waals surface area contributed by atoms with Crippen LogP contribution in [0.4, 0.5) is 4.39 Å². The summed E-state index contributed by atoms with van der Waals surface area (Å²) in [5, 5.41) is 4.89. The number of hydrogen-bond donors (Lipinski definition) is 1. The van der Waals surface area contributed by atoms with E-state index in [4.69, 9.17) is 23.2 Å². The van der Waals surface area contributed by atoms with E-state index in [9.17, 15) is 17.6 Å². The molecule has 1 heterocycles. The second kappa shape index (κ2) is 8.30. The van der Waals surface area contributed by atoms with Crippen molar-refractivity contribution in [3.63, 3.8) is 0 Å². The van der Waals surface area contributed by atoms with E-state index >= 15 is 0 Å². The first-order valence-corrected chi connectivity index (χ1v) is 11.2. The van der Waals surface area contributed by atoms with Crippen LogP contribution in [0.5, 0.6) is 0 Å². The van der Waals surface area contributed by atoms with Crippen molar-refractivity contribution < 1.29 is 17.6 Å². The van der Waals surface area contributed by atoms with Crippen LogP contribution < -0.4 is 4.72 Å². The highest BCUT2D eigenvalue weighted by atomic mass is 35.5. The first kappa shape index (κ1) is 21.3. The minimum Gasteiger partial charge on any atom is -0.266 e. The second-order valence-corrected chi connectivity index (χ2v) is 9.16. The molecule has 10 heteroatoms. The number of benzene rings is 3. The number of fused-ring (bicyclic) bond motifs is 1. The van der Waals surface area contributed by atoms with E-state index in [1.807, 2.05) is 4.72 Å². The minimum atomic E-state index is -4.27. The number of para-hydroxylation sites is 1. The maximum Gasteiger partial charge on any atom is 0.286 e. The molecular formula is C21H14Cl2FN3O3S. The van der Waals surface area contributed by atoms with Crippen LogP contribution in [0.2, 0.25) is 10.0 Å². The summed E-state index contributed by atoms with van der Waals surface area (Å²) in [6.07, 6.45) is 0. The Balaban J connectivity index is 1.70. The maximum absolute atomic E-state index is 13.5. The molecule has 158 valence electrons. The van der Waals surface area contributed by atoms with Gasteiger partial charge in [-0.1, -0.05) is 53.5 Å². The van der Waals surface area contributed by atoms with E-state index in [-0.39, 0.29) is 27.2 Å². The summed E-state index contributed by atoms with van der Waals surface area (Å²) in [6, 6.07) is 16.7. The van der Waals surface area contributed by atoms with Crippen LogP contribution in [0, 0.1) is 5.82 Å². The van der Waals surface area contributed by atoms with Gasteiger partial charge in [0.25, 0.3) is 15.9 Å². The number of aromatic nitrogens is 2. The van der Waals surface area contributed by atoms with Crippen molar-refractivity contribution in [3.8, 4) is 0 Å². The third kappa shape index (κ3) is 4.41. The molecule has 4 aromatic rings. The molecule has 4 rings (SSSR count). The Kier molecular flexibility index (Phi) is 5.70. The summed E-state index contributed by atoms with van der Waals surface area (Å²) in [6.45, 7) is 0.196. The summed E-state index contributed by atoms with van der Waals surface area (Å²) in [7, 11) is -4.27. The monoisotopic (exact) mass is 477 g/mol. The SMILES string of the molecule is O=C(NS(=O)(=O)c1ccc(Cl)cc1Cl)c1nn(Cc2cccc(F)c2)c2ccccc12. The van der Waals surface area contributed by atoms with Gasteiger partial charge >= 0.3 is 0 Å². The Labute approximate surface area is 187 Å². The van der Waals surface area contributed by atoms with Crippen molar-refractivity contribution in [2.24, 2.45) is 0 Å². The standard InChI is InChI=1S/C21H14Cl2FN3O3S/c22-14-8-9-19(17(23)11-14)31(29,30)26-21(28)20-16-6-1-2-7-18(16)27(25-20)12-13-4-3-5-15(24)10-13/h1-11H,12H2,(H,26,28). The van der Waals surface area contributed by atoms with Crippen molar-refractivity contribution >= 4 is 50.0 Å². The lowest BCUT2D eigenvalue weighted by Gasteiger charge is -2.08. The lowest BCUT2D eigenvalue weighted by Crippen LogP contribution is -2.31. The predicted molar refractivity (Wildman–Crippen MR) is 116 cm³/mol. The van der Waals surface area contributed by atoms with Crippen molar-refractivity contribution in [1.82, 2.24) is 14.5 Å². The molecule has 3 aromatic carbocycles. The average Bonchev–Trinajstić information content (AvgIpc) is 3.06. The van der Waals surface area contributed by atoms with E-state index in [0.717, 1.165) is 0 Å². The number of nitrogens with one attached hydrogen (secondary N) is 1. The van der Waals surface area contributed by atoms with Crippen molar-refractivity contribution in [1.29, 1.82) is 0 Å². The topological polar surface area (TPSA) is 81.1 Å². The fourth-order valence-electron chi connectivity index (χ4n) is 3.14. The fraction of sp³-hybridized carbons (Fsp3) is 0.0476. The van der Waals surface area contributed by atoms with Crippen LogP contribution >= 0.6 is 23.2 Å². The first-order chi connectivity index (χ1) is 14.7. The number of amides is 1. The van der Waals surface area contributed by atoms with Crippen molar-refractivity contribution in [2.75, 3.05) is 0 Å². The zero-order valence-electron chi connectivity index (χ0n) is 15.7. The molecule has 0 radical (unpaired) electrons. The number of carbonyl (C=O) groups is 1. The van der Waals surface area contributed by atoms with Gasteiger partial charge in [0.05, 0.1) is 17.1 Å². The molecule has 0 spiro atoms. The third-order valence-corrected chi connectivity index (χ3v) is 6.55. The molecule has 1 N–H and O–H groups in total. The number of sulfonamides is 1. The zero-order chi connectivity index (χ0) is 22.2. The molecule has 0 aliphatic carbocycles. The molecule has 0 aliphatic heterocycles. The smallest absolute Gasteiger partial charge is 0.266 e. The van der Waals surface area contributed by atoms with Crippen molar-refractivity contribution in [3.05, 3.63) is 93.8 Å². The number of carbonyl (C=O) groups excluding carboxylic acids is 1. The highest BCUT2D eigenvalue weighted by molar-refractivity contribution is 7.90. The van der Waals surface area contributed by atoms with Gasteiger partial charge in [-0.15, -0.1) is 0 Å². The fourth-order valence-corrected chi connectivity index (χ4v) is 4.87. The van der Waals surface area contributed by atoms with Crippen LogP contribution in [0.3, 0.4) is 0 Å². The number of rotatable bonds is 5. The van der Waals surface area contributed by atoms with Gasteiger partial charge in [-0.2, -0.15) is 5.10 Å². The van der Waals surface area contributed by atoms with Crippen LogP contribution in [-0.2, 0) is 16.6 Å². The number of hydrogen-bond acceptors (Lipinski definition) is 4. The molecule has 0 saturated carbocycles. The first-order valence-electron chi connectivity index (χ1n) is 8.97. The van der Waals surface area contributed by atoms with E-state index in [2.05, 4.69) is 5.10 Å². The minimum absolute atomic E-state index is 0.0827.